The lowest BCUT2D eigenvalue weighted by Gasteiger charge is -2.28. The van der Waals surface area contributed by atoms with Gasteiger partial charge in [0.1, 0.15) is 0 Å². The van der Waals surface area contributed by atoms with Crippen LogP contribution in [0.5, 0.6) is 0 Å². The van der Waals surface area contributed by atoms with Gasteiger partial charge in [-0.1, -0.05) is 96.7 Å². The summed E-state index contributed by atoms with van der Waals surface area (Å²) in [5.74, 6) is 0. The Labute approximate surface area is 137 Å². The Morgan fingerprint density at radius 2 is 1.09 bits per heavy atom. The van der Waals surface area contributed by atoms with Crippen molar-refractivity contribution in [3.8, 4) is 0 Å². The highest BCUT2D eigenvalue weighted by molar-refractivity contribution is 7.26. The van der Waals surface area contributed by atoms with Crippen LogP contribution in [0.25, 0.3) is 0 Å². The average molecular weight is 314 g/mol. The first kappa shape index (κ1) is 15.2. The van der Waals surface area contributed by atoms with E-state index in [1.54, 1.807) is 0 Å². The molecule has 2 heteroatoms. The fraction of sp³-hybridized carbons (Fsp3) is 0. The average Bonchev–Trinajstić information content (AvgIpc) is 2.65. The van der Waals surface area contributed by atoms with Gasteiger partial charge < -0.3 is 0 Å². The summed E-state index contributed by atoms with van der Waals surface area (Å²) in [5, 5.41) is 2.30. The first-order valence-corrected chi connectivity index (χ1v) is 9.71. The van der Waals surface area contributed by atoms with E-state index in [1.807, 2.05) is 96.7 Å². The third-order valence-corrected chi connectivity index (χ3v) is 8.26. The van der Waals surface area contributed by atoms with E-state index in [1.165, 1.54) is 0 Å². The number of hydrogen-bond acceptors (Lipinski definition) is 1. The first-order valence-electron chi connectivity index (χ1n) is 7.63. The molecule has 3 aromatic rings. The van der Waals surface area contributed by atoms with Crippen molar-refractivity contribution in [1.82, 2.24) is 0 Å². The molecule has 1 nitrogen and oxygen atoms in total. The number of carbonyl (C=O) groups is 1. The van der Waals surface area contributed by atoms with E-state index in [4.69, 9.17) is 0 Å². The summed E-state index contributed by atoms with van der Waals surface area (Å²) in [6.45, 7) is 4.07. The van der Waals surface area contributed by atoms with Crippen molar-refractivity contribution >= 4 is 23.9 Å². The Morgan fingerprint density at radius 3 is 1.48 bits per heavy atom. The lowest BCUT2D eigenvalue weighted by atomic mass is 10.2. The number of carbonyl (C=O) groups excluding carboxylic acids is 1. The van der Waals surface area contributed by atoms with Crippen LogP contribution in [0.4, 0.5) is 0 Å². The topological polar surface area (TPSA) is 17.1 Å². The van der Waals surface area contributed by atoms with Crippen LogP contribution in [0, 0.1) is 0 Å². The van der Waals surface area contributed by atoms with Crippen LogP contribution in [0.2, 0.25) is 0 Å². The van der Waals surface area contributed by atoms with Gasteiger partial charge in [0.05, 0.1) is 0 Å². The number of benzene rings is 3. The minimum absolute atomic E-state index is 0.172. The van der Waals surface area contributed by atoms with Crippen LogP contribution < -0.4 is 10.4 Å². The van der Waals surface area contributed by atoms with E-state index in [0.717, 1.165) is 15.9 Å². The SMILES string of the molecule is C=C[Si](C(=O)c1ccccc1)(c1ccccc1)c1ccccc1. The molecule has 112 valence electrons. The summed E-state index contributed by atoms with van der Waals surface area (Å²) in [4.78, 5) is 13.5. The second-order valence-corrected chi connectivity index (χ2v) is 9.07. The van der Waals surface area contributed by atoms with Crippen LogP contribution in [-0.4, -0.2) is 13.5 Å². The van der Waals surface area contributed by atoms with Crippen LogP contribution in [0.1, 0.15) is 10.4 Å². The Balaban J connectivity index is 2.26. The Morgan fingerprint density at radius 1 is 0.696 bits per heavy atom. The summed E-state index contributed by atoms with van der Waals surface area (Å²) in [5.41, 5.74) is 2.64. The van der Waals surface area contributed by atoms with Gasteiger partial charge in [-0.2, -0.15) is 0 Å². The van der Waals surface area contributed by atoms with Gasteiger partial charge in [-0.3, -0.25) is 4.79 Å². The summed E-state index contributed by atoms with van der Waals surface area (Å²) < 4.78 is 0. The van der Waals surface area contributed by atoms with E-state index in [2.05, 4.69) is 6.58 Å². The summed E-state index contributed by atoms with van der Waals surface area (Å²) >= 11 is 0. The van der Waals surface area contributed by atoms with Gasteiger partial charge >= 0.3 is 0 Å². The largest absolute Gasteiger partial charge is 0.299 e. The predicted octanol–water partition coefficient (Wildman–Crippen LogP) is 3.40. The molecule has 0 amide bonds. The molecule has 0 aliphatic carbocycles. The standard InChI is InChI=1S/C21H18OSi/c1-2-23(19-14-8-4-9-15-19,20-16-10-5-11-17-20)21(22)18-12-6-3-7-13-18/h2-17H,1H2. The zero-order chi connectivity index (χ0) is 16.1. The molecule has 3 aromatic carbocycles. The van der Waals surface area contributed by atoms with E-state index < -0.39 is 8.07 Å². The van der Waals surface area contributed by atoms with E-state index in [9.17, 15) is 4.79 Å². The Kier molecular flexibility index (Phi) is 4.35. The molecular weight excluding hydrogens is 296 g/mol. The number of rotatable bonds is 5. The Hall–Kier alpha value is -2.71. The van der Waals surface area contributed by atoms with Crippen molar-refractivity contribution in [2.75, 3.05) is 0 Å². The van der Waals surface area contributed by atoms with Crippen molar-refractivity contribution in [3.63, 3.8) is 0 Å². The third-order valence-electron chi connectivity index (χ3n) is 4.16. The maximum absolute atomic E-state index is 13.5. The van der Waals surface area contributed by atoms with Crippen LogP contribution >= 0.6 is 0 Å². The molecule has 0 atom stereocenters. The maximum Gasteiger partial charge on any atom is 0.222 e. The van der Waals surface area contributed by atoms with Gasteiger partial charge in [-0.05, 0) is 10.4 Å². The maximum atomic E-state index is 13.5. The highest BCUT2D eigenvalue weighted by Gasteiger charge is 2.42. The fourth-order valence-electron chi connectivity index (χ4n) is 2.98. The Bertz CT molecular complexity index is 756. The molecule has 3 rings (SSSR count). The van der Waals surface area contributed by atoms with E-state index in [-0.39, 0.29) is 5.41 Å². The molecule has 23 heavy (non-hydrogen) atoms. The van der Waals surface area contributed by atoms with Crippen LogP contribution in [-0.2, 0) is 0 Å². The lowest BCUT2D eigenvalue weighted by molar-refractivity contribution is 0.107. The summed E-state index contributed by atoms with van der Waals surface area (Å²) in [6.07, 6.45) is 0. The molecule has 0 unspecified atom stereocenters. The van der Waals surface area contributed by atoms with Crippen molar-refractivity contribution in [1.29, 1.82) is 0 Å². The van der Waals surface area contributed by atoms with E-state index >= 15 is 0 Å². The van der Waals surface area contributed by atoms with Gasteiger partial charge in [0, 0.05) is 5.56 Å². The van der Waals surface area contributed by atoms with Crippen molar-refractivity contribution in [3.05, 3.63) is 109 Å². The van der Waals surface area contributed by atoms with Crippen LogP contribution in [0.15, 0.2) is 103 Å². The molecule has 0 bridgehead atoms. The fourth-order valence-corrected chi connectivity index (χ4v) is 6.55. The predicted molar refractivity (Wildman–Crippen MR) is 98.9 cm³/mol. The molecule has 0 radical (unpaired) electrons. The molecular formula is C21H18OSi. The molecule has 0 aliphatic rings. The summed E-state index contributed by atoms with van der Waals surface area (Å²) in [6, 6.07) is 29.6. The van der Waals surface area contributed by atoms with Crippen molar-refractivity contribution < 1.29 is 4.79 Å². The molecule has 0 aliphatic heterocycles. The quantitative estimate of drug-likeness (QED) is 0.660. The van der Waals surface area contributed by atoms with Gasteiger partial charge in [0.15, 0.2) is 5.41 Å². The normalized spacial score (nSPS) is 11.0. The number of hydrogen-bond donors (Lipinski definition) is 0. The molecule has 0 fully saturated rings. The van der Waals surface area contributed by atoms with Crippen molar-refractivity contribution in [2.45, 2.75) is 0 Å². The molecule has 0 aromatic heterocycles. The van der Waals surface area contributed by atoms with Gasteiger partial charge in [0.2, 0.25) is 8.07 Å². The third kappa shape index (κ3) is 2.69. The zero-order valence-electron chi connectivity index (χ0n) is 12.9. The monoisotopic (exact) mass is 314 g/mol. The van der Waals surface area contributed by atoms with Gasteiger partial charge in [-0.25, -0.2) is 0 Å². The minimum atomic E-state index is -2.74. The van der Waals surface area contributed by atoms with Crippen molar-refractivity contribution in [2.24, 2.45) is 0 Å². The highest BCUT2D eigenvalue weighted by Crippen LogP contribution is 2.15. The van der Waals surface area contributed by atoms with E-state index in [0.29, 0.717) is 0 Å². The second-order valence-electron chi connectivity index (χ2n) is 5.44. The lowest BCUT2D eigenvalue weighted by Crippen LogP contribution is -2.63. The smallest absolute Gasteiger partial charge is 0.222 e. The zero-order valence-corrected chi connectivity index (χ0v) is 13.9. The summed E-state index contributed by atoms with van der Waals surface area (Å²) in [7, 11) is -2.74. The molecule has 0 spiro atoms. The first-order chi connectivity index (χ1) is 11.3. The molecule has 0 saturated heterocycles. The van der Waals surface area contributed by atoms with Crippen LogP contribution in [0.3, 0.4) is 0 Å². The highest BCUT2D eigenvalue weighted by atomic mass is 28.3. The second kappa shape index (κ2) is 6.59. The minimum Gasteiger partial charge on any atom is -0.299 e. The molecule has 0 heterocycles. The van der Waals surface area contributed by atoms with Gasteiger partial charge in [0.25, 0.3) is 0 Å². The van der Waals surface area contributed by atoms with Gasteiger partial charge in [-0.15, -0.1) is 6.58 Å². The molecule has 0 N–H and O–H groups in total. The molecule has 0 saturated carbocycles.